The van der Waals surface area contributed by atoms with Gasteiger partial charge in [-0.25, -0.2) is 0 Å². The first-order valence-electron chi connectivity index (χ1n) is 5.21. The number of benzene rings is 1. The summed E-state index contributed by atoms with van der Waals surface area (Å²) >= 11 is 9.30. The first-order chi connectivity index (χ1) is 7.80. The molecule has 2 atom stereocenters. The van der Waals surface area contributed by atoms with Gasteiger partial charge in [0, 0.05) is 15.1 Å². The highest BCUT2D eigenvalue weighted by atomic mass is 79.9. The van der Waals surface area contributed by atoms with Crippen molar-refractivity contribution >= 4 is 33.5 Å². The van der Waals surface area contributed by atoms with E-state index in [0.29, 0.717) is 17.0 Å². The van der Waals surface area contributed by atoms with E-state index in [2.05, 4.69) is 15.9 Å². The minimum absolute atomic E-state index is 0.328. The predicted molar refractivity (Wildman–Crippen MR) is 70.1 cm³/mol. The Kier molecular flexibility index (Phi) is 4.58. The molecule has 0 radical (unpaired) electrons. The van der Waals surface area contributed by atoms with Crippen molar-refractivity contribution in [3.8, 4) is 0 Å². The van der Waals surface area contributed by atoms with Gasteiger partial charge in [-0.2, -0.15) is 0 Å². The van der Waals surface area contributed by atoms with E-state index in [-0.39, 0.29) is 0 Å². The van der Waals surface area contributed by atoms with E-state index in [9.17, 15) is 9.90 Å². The van der Waals surface area contributed by atoms with Crippen LogP contribution in [0.25, 0.3) is 0 Å². The van der Waals surface area contributed by atoms with Gasteiger partial charge in [0.25, 0.3) is 0 Å². The molecule has 0 aliphatic rings. The molecular weight excluding hydrogens is 307 g/mol. The molecule has 0 saturated heterocycles. The van der Waals surface area contributed by atoms with E-state index in [1.807, 2.05) is 0 Å². The summed E-state index contributed by atoms with van der Waals surface area (Å²) < 4.78 is 0.783. The molecule has 0 spiro atoms. The average Bonchev–Trinajstić information content (AvgIpc) is 2.16. The van der Waals surface area contributed by atoms with Crippen molar-refractivity contribution in [1.29, 1.82) is 0 Å². The predicted octanol–water partition coefficient (Wildman–Crippen LogP) is 3.42. The third kappa shape index (κ3) is 3.00. The number of hydrogen-bond acceptors (Lipinski definition) is 2. The SMILES string of the molecule is CCC(C(=O)O)C(C)(O)c1ccc(Br)cc1Cl. The Balaban J connectivity index is 3.24. The quantitative estimate of drug-likeness (QED) is 0.893. The van der Waals surface area contributed by atoms with Crippen LogP contribution in [0.2, 0.25) is 5.02 Å². The Morgan fingerprint density at radius 2 is 2.18 bits per heavy atom. The van der Waals surface area contributed by atoms with Crippen LogP contribution < -0.4 is 0 Å². The third-order valence-corrected chi connectivity index (χ3v) is 3.67. The molecular formula is C12H14BrClO3. The molecule has 0 amide bonds. The molecule has 94 valence electrons. The van der Waals surface area contributed by atoms with Gasteiger partial charge in [-0.05, 0) is 25.5 Å². The van der Waals surface area contributed by atoms with Gasteiger partial charge in [0.1, 0.15) is 5.60 Å². The summed E-state index contributed by atoms with van der Waals surface area (Å²) in [5.74, 6) is -1.92. The third-order valence-electron chi connectivity index (χ3n) is 2.86. The number of hydrogen-bond donors (Lipinski definition) is 2. The molecule has 0 bridgehead atoms. The number of halogens is 2. The summed E-state index contributed by atoms with van der Waals surface area (Å²) in [6.07, 6.45) is 0.328. The van der Waals surface area contributed by atoms with Gasteiger partial charge in [-0.1, -0.05) is 40.5 Å². The van der Waals surface area contributed by atoms with Gasteiger partial charge in [0.05, 0.1) is 5.92 Å². The topological polar surface area (TPSA) is 57.5 Å². The summed E-state index contributed by atoms with van der Waals surface area (Å²) in [5, 5.41) is 19.9. The van der Waals surface area contributed by atoms with Crippen LogP contribution in [0.5, 0.6) is 0 Å². The van der Waals surface area contributed by atoms with Crippen LogP contribution in [0, 0.1) is 5.92 Å². The molecule has 0 aliphatic heterocycles. The molecule has 5 heteroatoms. The van der Waals surface area contributed by atoms with Crippen molar-refractivity contribution in [1.82, 2.24) is 0 Å². The van der Waals surface area contributed by atoms with E-state index in [1.54, 1.807) is 25.1 Å². The van der Waals surface area contributed by atoms with Gasteiger partial charge < -0.3 is 10.2 Å². The summed E-state index contributed by atoms with van der Waals surface area (Å²) in [6.45, 7) is 3.20. The maximum Gasteiger partial charge on any atom is 0.309 e. The fourth-order valence-electron chi connectivity index (χ4n) is 1.90. The van der Waals surface area contributed by atoms with Gasteiger partial charge in [-0.3, -0.25) is 4.79 Å². The molecule has 0 saturated carbocycles. The van der Waals surface area contributed by atoms with Crippen molar-refractivity contribution in [2.75, 3.05) is 0 Å². The van der Waals surface area contributed by atoms with Crippen molar-refractivity contribution in [3.05, 3.63) is 33.3 Å². The van der Waals surface area contributed by atoms with E-state index < -0.39 is 17.5 Å². The highest BCUT2D eigenvalue weighted by Gasteiger charge is 2.38. The second-order valence-corrected chi connectivity index (χ2v) is 5.39. The Bertz CT molecular complexity index is 432. The minimum Gasteiger partial charge on any atom is -0.481 e. The van der Waals surface area contributed by atoms with Gasteiger partial charge in [0.15, 0.2) is 0 Å². The van der Waals surface area contributed by atoms with Crippen molar-refractivity contribution < 1.29 is 15.0 Å². The Morgan fingerprint density at radius 1 is 1.59 bits per heavy atom. The van der Waals surface area contributed by atoms with E-state index in [4.69, 9.17) is 16.7 Å². The highest BCUT2D eigenvalue weighted by Crippen LogP contribution is 2.37. The zero-order valence-electron chi connectivity index (χ0n) is 9.58. The number of carboxylic acid groups (broad SMARTS) is 1. The van der Waals surface area contributed by atoms with E-state index in [1.165, 1.54) is 6.92 Å². The number of carboxylic acids is 1. The standard InChI is InChI=1S/C12H14BrClO3/c1-3-8(11(15)16)12(2,17)9-5-4-7(13)6-10(9)14/h4-6,8,17H,3H2,1-2H3,(H,15,16). The number of aliphatic hydroxyl groups is 1. The normalized spacial score (nSPS) is 16.3. The number of rotatable bonds is 4. The molecule has 1 aromatic carbocycles. The van der Waals surface area contributed by atoms with Crippen LogP contribution in [0.15, 0.2) is 22.7 Å². The summed E-state index contributed by atoms with van der Waals surface area (Å²) in [6, 6.07) is 5.00. The number of carbonyl (C=O) groups is 1. The van der Waals surface area contributed by atoms with Crippen LogP contribution >= 0.6 is 27.5 Å². The van der Waals surface area contributed by atoms with Crippen molar-refractivity contribution in [2.24, 2.45) is 5.92 Å². The maximum absolute atomic E-state index is 11.1. The molecule has 0 aromatic heterocycles. The van der Waals surface area contributed by atoms with Crippen LogP contribution in [0.1, 0.15) is 25.8 Å². The van der Waals surface area contributed by atoms with Crippen molar-refractivity contribution in [3.63, 3.8) is 0 Å². The van der Waals surface area contributed by atoms with Crippen LogP contribution in [0.4, 0.5) is 0 Å². The lowest BCUT2D eigenvalue weighted by Gasteiger charge is -2.30. The average molecular weight is 322 g/mol. The van der Waals surface area contributed by atoms with Gasteiger partial charge >= 0.3 is 5.97 Å². The lowest BCUT2D eigenvalue weighted by Crippen LogP contribution is -2.37. The zero-order chi connectivity index (χ0) is 13.2. The first kappa shape index (κ1) is 14.5. The highest BCUT2D eigenvalue weighted by molar-refractivity contribution is 9.10. The monoisotopic (exact) mass is 320 g/mol. The minimum atomic E-state index is -1.49. The zero-order valence-corrected chi connectivity index (χ0v) is 11.9. The van der Waals surface area contributed by atoms with E-state index >= 15 is 0 Å². The smallest absolute Gasteiger partial charge is 0.309 e. The van der Waals surface area contributed by atoms with Gasteiger partial charge in [0.2, 0.25) is 0 Å². The Morgan fingerprint density at radius 3 is 2.59 bits per heavy atom. The summed E-state index contributed by atoms with van der Waals surface area (Å²) in [5.41, 5.74) is -1.06. The molecule has 0 aliphatic carbocycles. The lowest BCUT2D eigenvalue weighted by molar-refractivity contribution is -0.152. The fourth-order valence-corrected chi connectivity index (χ4v) is 2.76. The van der Waals surface area contributed by atoms with Gasteiger partial charge in [-0.15, -0.1) is 0 Å². The summed E-state index contributed by atoms with van der Waals surface area (Å²) in [7, 11) is 0. The molecule has 2 N–H and O–H groups in total. The molecule has 0 heterocycles. The fraction of sp³-hybridized carbons (Fsp3) is 0.417. The Hall–Kier alpha value is -0.580. The van der Waals surface area contributed by atoms with Crippen LogP contribution in [0.3, 0.4) is 0 Å². The second kappa shape index (κ2) is 5.38. The van der Waals surface area contributed by atoms with Crippen LogP contribution in [-0.2, 0) is 10.4 Å². The lowest BCUT2D eigenvalue weighted by atomic mass is 9.81. The Labute approximate surface area is 114 Å². The largest absolute Gasteiger partial charge is 0.481 e. The van der Waals surface area contributed by atoms with Crippen molar-refractivity contribution in [2.45, 2.75) is 25.9 Å². The van der Waals surface area contributed by atoms with Crippen LogP contribution in [-0.4, -0.2) is 16.2 Å². The molecule has 1 rings (SSSR count). The number of aliphatic carboxylic acids is 1. The molecule has 2 unspecified atom stereocenters. The maximum atomic E-state index is 11.1. The van der Waals surface area contributed by atoms with E-state index in [0.717, 1.165) is 4.47 Å². The first-order valence-corrected chi connectivity index (χ1v) is 6.38. The molecule has 1 aromatic rings. The molecule has 17 heavy (non-hydrogen) atoms. The molecule has 0 fully saturated rings. The molecule has 3 nitrogen and oxygen atoms in total. The summed E-state index contributed by atoms with van der Waals surface area (Å²) in [4.78, 5) is 11.1. The second-order valence-electron chi connectivity index (χ2n) is 4.07.